The molecule has 0 radical (unpaired) electrons. The van der Waals surface area contributed by atoms with E-state index in [1.807, 2.05) is 13.0 Å². The van der Waals surface area contributed by atoms with Gasteiger partial charge < -0.3 is 9.42 Å². The molecule has 1 aliphatic heterocycles. The molecule has 6 nitrogen and oxygen atoms in total. The maximum Gasteiger partial charge on any atom is 0.231 e. The van der Waals surface area contributed by atoms with Gasteiger partial charge in [-0.1, -0.05) is 5.16 Å². The number of nitrogens with zero attached hydrogens (tertiary/aromatic N) is 5. The minimum Gasteiger partial charge on any atom is -0.355 e. The second-order valence-corrected chi connectivity index (χ2v) is 6.21. The first-order valence-electron chi connectivity index (χ1n) is 7.04. The van der Waals surface area contributed by atoms with E-state index in [-0.39, 0.29) is 5.92 Å². The van der Waals surface area contributed by atoms with Crippen LogP contribution in [-0.4, -0.2) is 33.2 Å². The Labute approximate surface area is 125 Å². The van der Waals surface area contributed by atoms with Crippen LogP contribution in [0.2, 0.25) is 0 Å². The lowest BCUT2D eigenvalue weighted by molar-refractivity contribution is 0.331. The van der Waals surface area contributed by atoms with Crippen LogP contribution in [0, 0.1) is 6.92 Å². The fraction of sp³-hybridized carbons (Fsp3) is 0.429. The Balaban J connectivity index is 1.65. The van der Waals surface area contributed by atoms with Crippen molar-refractivity contribution in [1.29, 1.82) is 0 Å². The smallest absolute Gasteiger partial charge is 0.231 e. The molecule has 1 unspecified atom stereocenters. The summed E-state index contributed by atoms with van der Waals surface area (Å²) in [5.41, 5.74) is 1.01. The molecule has 1 fully saturated rings. The molecule has 4 rings (SSSR count). The summed E-state index contributed by atoms with van der Waals surface area (Å²) in [4.78, 5) is 15.5. The van der Waals surface area contributed by atoms with Crippen LogP contribution in [0.3, 0.4) is 0 Å². The average Bonchev–Trinajstić information content (AvgIpc) is 3.15. The molecule has 0 amide bonds. The van der Waals surface area contributed by atoms with E-state index in [9.17, 15) is 0 Å². The normalized spacial score (nSPS) is 19.3. The van der Waals surface area contributed by atoms with Crippen molar-refractivity contribution in [2.75, 3.05) is 18.0 Å². The van der Waals surface area contributed by atoms with E-state index in [0.717, 1.165) is 47.9 Å². The molecule has 0 spiro atoms. The first-order valence-corrected chi connectivity index (χ1v) is 7.92. The number of anilines is 1. The quantitative estimate of drug-likeness (QED) is 0.725. The maximum absolute atomic E-state index is 5.34. The van der Waals surface area contributed by atoms with Crippen molar-refractivity contribution >= 4 is 27.4 Å². The van der Waals surface area contributed by atoms with E-state index in [2.05, 4.69) is 30.4 Å². The number of aryl methyl sites for hydroxylation is 1. The zero-order valence-corrected chi connectivity index (χ0v) is 12.5. The SMILES string of the molecule is Cc1noc(C2CCCN(c3ncnc4ccsc34)C2)n1. The number of thiophene rings is 1. The molecular formula is C14H15N5OS. The van der Waals surface area contributed by atoms with E-state index in [4.69, 9.17) is 4.52 Å². The monoisotopic (exact) mass is 301 g/mol. The second-order valence-electron chi connectivity index (χ2n) is 5.30. The summed E-state index contributed by atoms with van der Waals surface area (Å²) in [7, 11) is 0. The van der Waals surface area contributed by atoms with Crippen LogP contribution in [-0.2, 0) is 0 Å². The lowest BCUT2D eigenvalue weighted by Crippen LogP contribution is -2.35. The summed E-state index contributed by atoms with van der Waals surface area (Å²) in [6.45, 7) is 3.73. The van der Waals surface area contributed by atoms with Crippen molar-refractivity contribution in [1.82, 2.24) is 20.1 Å². The van der Waals surface area contributed by atoms with Crippen molar-refractivity contribution < 1.29 is 4.52 Å². The molecule has 1 atom stereocenters. The predicted octanol–water partition coefficient (Wildman–Crippen LogP) is 2.77. The molecule has 1 aliphatic rings. The molecule has 21 heavy (non-hydrogen) atoms. The number of piperidine rings is 1. The molecule has 108 valence electrons. The Bertz CT molecular complexity index is 767. The molecule has 0 bridgehead atoms. The van der Waals surface area contributed by atoms with Gasteiger partial charge in [-0.2, -0.15) is 4.98 Å². The third-order valence-corrected chi connectivity index (χ3v) is 4.74. The number of hydrogen-bond donors (Lipinski definition) is 0. The number of fused-ring (bicyclic) bond motifs is 1. The molecule has 4 heterocycles. The summed E-state index contributed by atoms with van der Waals surface area (Å²) in [5.74, 6) is 2.75. The summed E-state index contributed by atoms with van der Waals surface area (Å²) < 4.78 is 6.50. The highest BCUT2D eigenvalue weighted by atomic mass is 32.1. The molecule has 7 heteroatoms. The molecule has 3 aromatic heterocycles. The van der Waals surface area contributed by atoms with Crippen LogP contribution < -0.4 is 4.90 Å². The van der Waals surface area contributed by atoms with Crippen LogP contribution in [0.4, 0.5) is 5.82 Å². The zero-order chi connectivity index (χ0) is 14.2. The Kier molecular flexibility index (Phi) is 3.07. The van der Waals surface area contributed by atoms with Crippen LogP contribution in [0.15, 0.2) is 22.3 Å². The van der Waals surface area contributed by atoms with Crippen LogP contribution in [0.25, 0.3) is 10.2 Å². The van der Waals surface area contributed by atoms with Gasteiger partial charge in [0.15, 0.2) is 5.82 Å². The van der Waals surface area contributed by atoms with Gasteiger partial charge >= 0.3 is 0 Å². The third-order valence-electron chi connectivity index (χ3n) is 3.84. The topological polar surface area (TPSA) is 67.9 Å². The third kappa shape index (κ3) is 2.27. The van der Waals surface area contributed by atoms with Gasteiger partial charge in [0.2, 0.25) is 5.89 Å². The Hall–Kier alpha value is -2.02. The highest BCUT2D eigenvalue weighted by Crippen LogP contribution is 2.33. The fourth-order valence-electron chi connectivity index (χ4n) is 2.85. The van der Waals surface area contributed by atoms with Gasteiger partial charge in [-0.05, 0) is 31.2 Å². The Morgan fingerprint density at radius 3 is 3.19 bits per heavy atom. The number of rotatable bonds is 2. The van der Waals surface area contributed by atoms with Gasteiger partial charge in [0.1, 0.15) is 12.1 Å². The van der Waals surface area contributed by atoms with Crippen molar-refractivity contribution in [3.63, 3.8) is 0 Å². The molecular weight excluding hydrogens is 286 g/mol. The molecule has 0 aromatic carbocycles. The van der Waals surface area contributed by atoms with Crippen molar-refractivity contribution in [2.45, 2.75) is 25.7 Å². The summed E-state index contributed by atoms with van der Waals surface area (Å²) >= 11 is 1.69. The van der Waals surface area contributed by atoms with Crippen molar-refractivity contribution in [3.8, 4) is 0 Å². The van der Waals surface area contributed by atoms with E-state index in [1.165, 1.54) is 0 Å². The van der Waals surface area contributed by atoms with Crippen molar-refractivity contribution in [2.24, 2.45) is 0 Å². The van der Waals surface area contributed by atoms with Gasteiger partial charge in [-0.25, -0.2) is 9.97 Å². The molecule has 0 saturated carbocycles. The Morgan fingerprint density at radius 1 is 1.38 bits per heavy atom. The van der Waals surface area contributed by atoms with E-state index < -0.39 is 0 Å². The average molecular weight is 301 g/mol. The fourth-order valence-corrected chi connectivity index (χ4v) is 3.71. The second kappa shape index (κ2) is 5.07. The van der Waals surface area contributed by atoms with Crippen molar-refractivity contribution in [3.05, 3.63) is 29.5 Å². The van der Waals surface area contributed by atoms with E-state index in [1.54, 1.807) is 17.7 Å². The first kappa shape index (κ1) is 12.7. The minimum atomic E-state index is 0.282. The van der Waals surface area contributed by atoms with Gasteiger partial charge in [0.25, 0.3) is 0 Å². The van der Waals surface area contributed by atoms with Crippen LogP contribution >= 0.6 is 11.3 Å². The highest BCUT2D eigenvalue weighted by molar-refractivity contribution is 7.17. The summed E-state index contributed by atoms with van der Waals surface area (Å²) in [6, 6.07) is 2.04. The van der Waals surface area contributed by atoms with Gasteiger partial charge in [0, 0.05) is 13.1 Å². The highest BCUT2D eigenvalue weighted by Gasteiger charge is 2.27. The molecule has 1 saturated heterocycles. The van der Waals surface area contributed by atoms with E-state index in [0.29, 0.717) is 5.82 Å². The number of aromatic nitrogens is 4. The zero-order valence-electron chi connectivity index (χ0n) is 11.7. The predicted molar refractivity (Wildman–Crippen MR) is 80.6 cm³/mol. The maximum atomic E-state index is 5.34. The standard InChI is InChI=1S/C14H15N5OS/c1-9-17-14(20-18-9)10-3-2-5-19(7-10)13-12-11(4-6-21-12)15-8-16-13/h4,6,8,10H,2-3,5,7H2,1H3. The van der Waals surface area contributed by atoms with Gasteiger partial charge in [-0.3, -0.25) is 0 Å². The summed E-state index contributed by atoms with van der Waals surface area (Å²) in [6.07, 6.45) is 3.82. The first-order chi connectivity index (χ1) is 10.3. The van der Waals surface area contributed by atoms with Crippen LogP contribution in [0.5, 0.6) is 0 Å². The van der Waals surface area contributed by atoms with E-state index >= 15 is 0 Å². The van der Waals surface area contributed by atoms with Crippen LogP contribution in [0.1, 0.15) is 30.5 Å². The lowest BCUT2D eigenvalue weighted by atomic mass is 9.98. The molecule has 3 aromatic rings. The molecule has 0 aliphatic carbocycles. The lowest BCUT2D eigenvalue weighted by Gasteiger charge is -2.32. The van der Waals surface area contributed by atoms with Gasteiger partial charge in [0.05, 0.1) is 16.1 Å². The Morgan fingerprint density at radius 2 is 2.33 bits per heavy atom. The summed E-state index contributed by atoms with van der Waals surface area (Å²) in [5, 5.41) is 5.96. The minimum absolute atomic E-state index is 0.282. The van der Waals surface area contributed by atoms with Gasteiger partial charge in [-0.15, -0.1) is 11.3 Å². The molecule has 0 N–H and O–H groups in total. The largest absolute Gasteiger partial charge is 0.355 e. The number of hydrogen-bond acceptors (Lipinski definition) is 7.